The average Bonchev–Trinajstić information content (AvgIpc) is 3.51. The van der Waals surface area contributed by atoms with Gasteiger partial charge in [-0.3, -0.25) is 10.1 Å². The van der Waals surface area contributed by atoms with Crippen LogP contribution in [-0.2, 0) is 4.79 Å². The van der Waals surface area contributed by atoms with E-state index in [1.54, 1.807) is 17.7 Å². The molecule has 176 valence electrons. The van der Waals surface area contributed by atoms with E-state index in [0.29, 0.717) is 17.5 Å². The molecule has 34 heavy (non-hydrogen) atoms. The summed E-state index contributed by atoms with van der Waals surface area (Å²) in [6.07, 6.45) is 8.39. The van der Waals surface area contributed by atoms with E-state index in [1.807, 2.05) is 19.1 Å². The van der Waals surface area contributed by atoms with Crippen LogP contribution in [0.2, 0.25) is 0 Å². The van der Waals surface area contributed by atoms with Crippen LogP contribution in [-0.4, -0.2) is 31.3 Å². The van der Waals surface area contributed by atoms with Gasteiger partial charge in [-0.05, 0) is 37.0 Å². The molecule has 3 heterocycles. The fourth-order valence-corrected chi connectivity index (χ4v) is 7.42. The molecule has 10 heteroatoms. The molecule has 0 bridgehead atoms. The minimum atomic E-state index is -0.294. The Kier molecular flexibility index (Phi) is 7.58. The first-order valence-corrected chi connectivity index (χ1v) is 14.8. The molecular formula is C24H24BrN5OS3. The lowest BCUT2D eigenvalue weighted by Crippen LogP contribution is -2.24. The maximum Gasteiger partial charge on any atom is 0.239 e. The van der Waals surface area contributed by atoms with Crippen molar-refractivity contribution >= 4 is 71.6 Å². The Morgan fingerprint density at radius 1 is 1.18 bits per heavy atom. The zero-order chi connectivity index (χ0) is 23.5. The minimum absolute atomic E-state index is 0.0639. The Labute approximate surface area is 219 Å². The van der Waals surface area contributed by atoms with Crippen LogP contribution in [0.25, 0.3) is 21.3 Å². The molecule has 0 spiro atoms. The molecule has 0 saturated heterocycles. The van der Waals surface area contributed by atoms with Crippen LogP contribution in [0.1, 0.15) is 56.4 Å². The standard InChI is InChI=1S/C24H24BrN5OS3/c1-2-18(20(31)28-24-30-29-21(34-24)15-6-4-3-5-7-15)33-23-19-17(12-32-22(19)26-13-27-23)14-8-10-16(25)11-9-14/h8-13,15,18H,2-7H2,1H3,(H,28,30,31). The van der Waals surface area contributed by atoms with Crippen LogP contribution in [0.15, 0.2) is 45.5 Å². The predicted molar refractivity (Wildman–Crippen MR) is 145 cm³/mol. The molecule has 1 aliphatic rings. The first-order chi connectivity index (χ1) is 16.6. The summed E-state index contributed by atoms with van der Waals surface area (Å²) in [7, 11) is 0. The summed E-state index contributed by atoms with van der Waals surface area (Å²) in [5, 5.41) is 16.9. The van der Waals surface area contributed by atoms with Crippen LogP contribution in [0, 0.1) is 0 Å². The number of thioether (sulfide) groups is 1. The molecule has 0 radical (unpaired) electrons. The van der Waals surface area contributed by atoms with E-state index in [0.717, 1.165) is 35.8 Å². The second kappa shape index (κ2) is 10.8. The van der Waals surface area contributed by atoms with Gasteiger partial charge in [-0.1, -0.05) is 77.3 Å². The van der Waals surface area contributed by atoms with Crippen molar-refractivity contribution in [2.24, 2.45) is 0 Å². The van der Waals surface area contributed by atoms with E-state index in [2.05, 4.69) is 58.9 Å². The summed E-state index contributed by atoms with van der Waals surface area (Å²) in [4.78, 5) is 23.1. The van der Waals surface area contributed by atoms with Crippen molar-refractivity contribution in [3.8, 4) is 11.1 Å². The summed E-state index contributed by atoms with van der Waals surface area (Å²) < 4.78 is 1.03. The third kappa shape index (κ3) is 5.19. The number of carbonyl (C=O) groups is 1. The lowest BCUT2D eigenvalue weighted by atomic mass is 9.90. The molecule has 1 aromatic carbocycles. The number of halogens is 1. The van der Waals surface area contributed by atoms with Crippen molar-refractivity contribution in [1.29, 1.82) is 0 Å². The summed E-state index contributed by atoms with van der Waals surface area (Å²) in [6.45, 7) is 2.02. The summed E-state index contributed by atoms with van der Waals surface area (Å²) in [5.74, 6) is 0.421. The van der Waals surface area contributed by atoms with Gasteiger partial charge in [-0.2, -0.15) is 0 Å². The molecule has 1 aliphatic carbocycles. The highest BCUT2D eigenvalue weighted by Crippen LogP contribution is 2.40. The van der Waals surface area contributed by atoms with Gasteiger partial charge in [0.15, 0.2) is 0 Å². The number of fused-ring (bicyclic) bond motifs is 1. The van der Waals surface area contributed by atoms with Gasteiger partial charge in [-0.25, -0.2) is 9.97 Å². The number of amides is 1. The van der Waals surface area contributed by atoms with Crippen LogP contribution in [0.4, 0.5) is 5.13 Å². The van der Waals surface area contributed by atoms with E-state index >= 15 is 0 Å². The highest BCUT2D eigenvalue weighted by Gasteiger charge is 2.25. The molecule has 1 amide bonds. The van der Waals surface area contributed by atoms with Crippen LogP contribution in [0.5, 0.6) is 0 Å². The fraction of sp³-hybridized carbons (Fsp3) is 0.375. The number of thiophene rings is 1. The highest BCUT2D eigenvalue weighted by atomic mass is 79.9. The quantitative estimate of drug-likeness (QED) is 0.182. The topological polar surface area (TPSA) is 80.7 Å². The fourth-order valence-electron chi connectivity index (χ4n) is 4.22. The van der Waals surface area contributed by atoms with Crippen molar-refractivity contribution < 1.29 is 4.79 Å². The molecule has 1 saturated carbocycles. The molecule has 4 aromatic rings. The van der Waals surface area contributed by atoms with E-state index in [9.17, 15) is 4.79 Å². The largest absolute Gasteiger partial charge is 0.300 e. The molecule has 1 unspecified atom stereocenters. The zero-order valence-electron chi connectivity index (χ0n) is 18.7. The average molecular weight is 575 g/mol. The Balaban J connectivity index is 1.35. The summed E-state index contributed by atoms with van der Waals surface area (Å²) in [5.41, 5.74) is 2.19. The first-order valence-electron chi connectivity index (χ1n) is 11.4. The van der Waals surface area contributed by atoms with Gasteiger partial charge in [-0.15, -0.1) is 21.5 Å². The van der Waals surface area contributed by atoms with Gasteiger partial charge >= 0.3 is 0 Å². The van der Waals surface area contributed by atoms with Crippen LogP contribution < -0.4 is 5.32 Å². The molecule has 1 fully saturated rings. The number of rotatable bonds is 7. The van der Waals surface area contributed by atoms with Crippen molar-refractivity contribution in [1.82, 2.24) is 20.2 Å². The third-order valence-corrected chi connectivity index (χ3v) is 9.81. The van der Waals surface area contributed by atoms with Crippen molar-refractivity contribution in [3.05, 3.63) is 45.5 Å². The number of hydrogen-bond donors (Lipinski definition) is 1. The highest BCUT2D eigenvalue weighted by molar-refractivity contribution is 9.10. The number of aromatic nitrogens is 4. The molecule has 1 atom stereocenters. The Morgan fingerprint density at radius 3 is 2.74 bits per heavy atom. The Morgan fingerprint density at radius 2 is 1.97 bits per heavy atom. The van der Waals surface area contributed by atoms with Crippen LogP contribution in [0.3, 0.4) is 0 Å². The van der Waals surface area contributed by atoms with Gasteiger partial charge in [0.05, 0.1) is 10.6 Å². The monoisotopic (exact) mass is 573 g/mol. The van der Waals surface area contributed by atoms with E-state index in [-0.39, 0.29) is 11.2 Å². The molecular weight excluding hydrogens is 550 g/mol. The first kappa shape index (κ1) is 23.8. The number of anilines is 1. The number of nitrogens with zero attached hydrogens (tertiary/aromatic N) is 4. The Bertz CT molecular complexity index is 1280. The normalized spacial score (nSPS) is 15.5. The SMILES string of the molecule is CCC(Sc1ncnc2scc(-c3ccc(Br)cc3)c12)C(=O)Nc1nnc(C2CCCCC2)s1. The van der Waals surface area contributed by atoms with Gasteiger partial charge in [0.25, 0.3) is 0 Å². The predicted octanol–water partition coefficient (Wildman–Crippen LogP) is 7.53. The van der Waals surface area contributed by atoms with Gasteiger partial charge < -0.3 is 0 Å². The summed E-state index contributed by atoms with van der Waals surface area (Å²) >= 11 is 8.10. The Hall–Kier alpha value is -1.88. The third-order valence-electron chi connectivity index (χ3n) is 6.03. The maximum absolute atomic E-state index is 13.2. The van der Waals surface area contributed by atoms with E-state index in [4.69, 9.17) is 0 Å². The molecule has 5 rings (SSSR count). The molecule has 1 N–H and O–H groups in total. The van der Waals surface area contributed by atoms with E-state index in [1.165, 1.54) is 55.2 Å². The number of benzene rings is 1. The lowest BCUT2D eigenvalue weighted by Gasteiger charge is -2.18. The zero-order valence-corrected chi connectivity index (χ0v) is 22.7. The van der Waals surface area contributed by atoms with Crippen molar-refractivity contribution in [3.63, 3.8) is 0 Å². The number of hydrogen-bond acceptors (Lipinski definition) is 8. The summed E-state index contributed by atoms with van der Waals surface area (Å²) in [6, 6.07) is 8.22. The minimum Gasteiger partial charge on any atom is -0.300 e. The van der Waals surface area contributed by atoms with E-state index < -0.39 is 0 Å². The molecule has 3 aromatic heterocycles. The second-order valence-electron chi connectivity index (χ2n) is 8.30. The van der Waals surface area contributed by atoms with Crippen molar-refractivity contribution in [2.75, 3.05) is 5.32 Å². The van der Waals surface area contributed by atoms with Gasteiger partial charge in [0, 0.05) is 21.3 Å². The number of carbonyl (C=O) groups excluding carboxylic acids is 1. The number of nitrogens with one attached hydrogen (secondary N) is 1. The van der Waals surface area contributed by atoms with Gasteiger partial charge in [0.1, 0.15) is 21.2 Å². The lowest BCUT2D eigenvalue weighted by molar-refractivity contribution is -0.115. The maximum atomic E-state index is 13.2. The van der Waals surface area contributed by atoms with Gasteiger partial charge in [0.2, 0.25) is 11.0 Å². The van der Waals surface area contributed by atoms with Crippen molar-refractivity contribution in [2.45, 2.75) is 61.6 Å². The second-order valence-corrected chi connectivity index (χ2v) is 12.3. The smallest absolute Gasteiger partial charge is 0.239 e. The molecule has 6 nitrogen and oxygen atoms in total. The molecule has 0 aliphatic heterocycles. The van der Waals surface area contributed by atoms with Crippen LogP contribution >= 0.6 is 50.4 Å².